The molecule has 6 heteroatoms. The summed E-state index contributed by atoms with van der Waals surface area (Å²) in [5.74, 6) is -0.451. The molecule has 0 bridgehead atoms. The molecular formula is C14H16FN3OS. The summed E-state index contributed by atoms with van der Waals surface area (Å²) in [5.41, 5.74) is 7.84. The molecule has 106 valence electrons. The molecule has 0 fully saturated rings. The molecular weight excluding hydrogens is 277 g/mol. The number of carbonyl (C=O) groups excluding carboxylic acids is 1. The van der Waals surface area contributed by atoms with Crippen LogP contribution >= 0.6 is 11.3 Å². The van der Waals surface area contributed by atoms with Gasteiger partial charge in [0.1, 0.15) is 16.5 Å². The molecule has 0 spiro atoms. The van der Waals surface area contributed by atoms with Gasteiger partial charge < -0.3 is 11.1 Å². The van der Waals surface area contributed by atoms with Crippen molar-refractivity contribution >= 4 is 17.2 Å². The first kappa shape index (κ1) is 14.6. The second-order valence-electron chi connectivity index (χ2n) is 4.56. The molecule has 2 rings (SSSR count). The number of nitrogens with zero attached hydrogens (tertiary/aromatic N) is 1. The summed E-state index contributed by atoms with van der Waals surface area (Å²) in [6.07, 6.45) is 0. The third kappa shape index (κ3) is 3.20. The van der Waals surface area contributed by atoms with E-state index in [4.69, 9.17) is 5.73 Å². The third-order valence-corrected chi connectivity index (χ3v) is 3.78. The number of carbonyl (C=O) groups is 1. The van der Waals surface area contributed by atoms with Crippen LogP contribution in [0.15, 0.2) is 17.5 Å². The summed E-state index contributed by atoms with van der Waals surface area (Å²) in [7, 11) is 0. The maximum atomic E-state index is 13.5. The molecule has 2 aromatic rings. The molecule has 0 radical (unpaired) electrons. The predicted octanol–water partition coefficient (Wildman–Crippen LogP) is 2.29. The summed E-state index contributed by atoms with van der Waals surface area (Å²) in [5, 5.41) is 5.17. The summed E-state index contributed by atoms with van der Waals surface area (Å²) in [6, 6.07) is 3.46. The van der Waals surface area contributed by atoms with Crippen LogP contribution in [0.5, 0.6) is 0 Å². The second kappa shape index (κ2) is 6.11. The quantitative estimate of drug-likeness (QED) is 0.909. The Morgan fingerprint density at radius 2 is 2.05 bits per heavy atom. The molecule has 0 unspecified atom stereocenters. The highest BCUT2D eigenvalue weighted by atomic mass is 32.1. The van der Waals surface area contributed by atoms with Crippen molar-refractivity contribution in [2.75, 3.05) is 0 Å². The zero-order valence-electron chi connectivity index (χ0n) is 11.4. The zero-order chi connectivity index (χ0) is 14.7. The van der Waals surface area contributed by atoms with E-state index in [1.54, 1.807) is 31.4 Å². The summed E-state index contributed by atoms with van der Waals surface area (Å²) in [4.78, 5) is 16.0. The van der Waals surface area contributed by atoms with Crippen LogP contribution < -0.4 is 11.1 Å². The van der Waals surface area contributed by atoms with Crippen LogP contribution in [-0.4, -0.2) is 10.9 Å². The molecule has 0 saturated heterocycles. The van der Waals surface area contributed by atoms with Gasteiger partial charge in [0.2, 0.25) is 0 Å². The molecule has 1 amide bonds. The molecule has 4 nitrogen and oxygen atoms in total. The van der Waals surface area contributed by atoms with E-state index in [2.05, 4.69) is 10.3 Å². The molecule has 0 atom stereocenters. The van der Waals surface area contributed by atoms with Crippen LogP contribution in [0.3, 0.4) is 0 Å². The number of rotatable bonds is 4. The van der Waals surface area contributed by atoms with Gasteiger partial charge in [0.25, 0.3) is 5.91 Å². The fraction of sp³-hybridized carbons (Fsp3) is 0.286. The van der Waals surface area contributed by atoms with Crippen LogP contribution in [0.1, 0.15) is 32.2 Å². The van der Waals surface area contributed by atoms with Crippen molar-refractivity contribution in [3.8, 4) is 0 Å². The number of thiazole rings is 1. The van der Waals surface area contributed by atoms with Gasteiger partial charge in [-0.05, 0) is 30.5 Å². The van der Waals surface area contributed by atoms with Crippen molar-refractivity contribution in [1.29, 1.82) is 0 Å². The molecule has 20 heavy (non-hydrogen) atoms. The van der Waals surface area contributed by atoms with E-state index in [0.29, 0.717) is 29.9 Å². The van der Waals surface area contributed by atoms with Crippen LogP contribution in [0, 0.1) is 19.7 Å². The SMILES string of the molecule is Cc1cc(CNC(=O)c2csc(CN)n2)cc(C)c1F. The van der Waals surface area contributed by atoms with Crippen molar-refractivity contribution in [3.05, 3.63) is 50.7 Å². The van der Waals surface area contributed by atoms with E-state index in [9.17, 15) is 9.18 Å². The molecule has 0 aliphatic rings. The lowest BCUT2D eigenvalue weighted by molar-refractivity contribution is 0.0946. The molecule has 0 aliphatic heterocycles. The maximum absolute atomic E-state index is 13.5. The van der Waals surface area contributed by atoms with E-state index in [1.165, 1.54) is 11.3 Å². The first-order valence-electron chi connectivity index (χ1n) is 6.19. The van der Waals surface area contributed by atoms with Crippen LogP contribution in [-0.2, 0) is 13.1 Å². The Kier molecular flexibility index (Phi) is 4.46. The topological polar surface area (TPSA) is 68.0 Å². The van der Waals surface area contributed by atoms with Gasteiger partial charge in [0.05, 0.1) is 0 Å². The number of benzene rings is 1. The minimum absolute atomic E-state index is 0.202. The van der Waals surface area contributed by atoms with Crippen molar-refractivity contribution < 1.29 is 9.18 Å². The molecule has 0 aliphatic carbocycles. The van der Waals surface area contributed by atoms with E-state index < -0.39 is 0 Å². The first-order valence-corrected chi connectivity index (χ1v) is 7.07. The zero-order valence-corrected chi connectivity index (χ0v) is 12.2. The fourth-order valence-electron chi connectivity index (χ4n) is 1.92. The summed E-state index contributed by atoms with van der Waals surface area (Å²) in [6.45, 7) is 4.09. The number of nitrogens with two attached hydrogens (primary N) is 1. The Morgan fingerprint density at radius 3 is 2.60 bits per heavy atom. The number of halogens is 1. The van der Waals surface area contributed by atoms with Crippen molar-refractivity contribution in [2.24, 2.45) is 5.73 Å². The molecule has 0 saturated carbocycles. The lowest BCUT2D eigenvalue weighted by Gasteiger charge is -2.07. The normalized spacial score (nSPS) is 10.6. The highest BCUT2D eigenvalue weighted by Gasteiger charge is 2.10. The van der Waals surface area contributed by atoms with Gasteiger partial charge in [-0.2, -0.15) is 0 Å². The summed E-state index contributed by atoms with van der Waals surface area (Å²) >= 11 is 1.36. The van der Waals surface area contributed by atoms with Crippen LogP contribution in [0.2, 0.25) is 0 Å². The van der Waals surface area contributed by atoms with E-state index >= 15 is 0 Å². The average molecular weight is 293 g/mol. The fourth-order valence-corrected chi connectivity index (χ4v) is 2.57. The number of hydrogen-bond acceptors (Lipinski definition) is 4. The van der Waals surface area contributed by atoms with Gasteiger partial charge in [-0.25, -0.2) is 9.37 Å². The summed E-state index contributed by atoms with van der Waals surface area (Å²) < 4.78 is 13.5. The number of nitrogens with one attached hydrogen (secondary N) is 1. The Labute approximate surface area is 120 Å². The lowest BCUT2D eigenvalue weighted by atomic mass is 10.1. The smallest absolute Gasteiger partial charge is 0.271 e. The molecule has 3 N–H and O–H groups in total. The van der Waals surface area contributed by atoms with Gasteiger partial charge in [-0.3, -0.25) is 4.79 Å². The Hall–Kier alpha value is -1.79. The molecule has 1 aromatic carbocycles. The average Bonchev–Trinajstić information content (AvgIpc) is 2.91. The van der Waals surface area contributed by atoms with Gasteiger partial charge in [-0.15, -0.1) is 11.3 Å². The Morgan fingerprint density at radius 1 is 1.40 bits per heavy atom. The minimum Gasteiger partial charge on any atom is -0.347 e. The second-order valence-corrected chi connectivity index (χ2v) is 5.50. The number of aryl methyl sites for hydroxylation is 2. The Bertz CT molecular complexity index is 616. The first-order chi connectivity index (χ1) is 9.51. The number of hydrogen-bond donors (Lipinski definition) is 2. The number of aromatic nitrogens is 1. The largest absolute Gasteiger partial charge is 0.347 e. The van der Waals surface area contributed by atoms with E-state index in [0.717, 1.165) is 10.6 Å². The standard InChI is InChI=1S/C14H16FN3OS/c1-8-3-10(4-9(2)13(8)15)6-17-14(19)11-7-20-12(5-16)18-11/h3-4,7H,5-6,16H2,1-2H3,(H,17,19). The maximum Gasteiger partial charge on any atom is 0.271 e. The van der Waals surface area contributed by atoms with Gasteiger partial charge in [0, 0.05) is 18.5 Å². The minimum atomic E-state index is -0.249. The van der Waals surface area contributed by atoms with E-state index in [1.807, 2.05) is 0 Å². The monoisotopic (exact) mass is 293 g/mol. The molecule has 1 aromatic heterocycles. The van der Waals surface area contributed by atoms with Gasteiger partial charge in [0.15, 0.2) is 0 Å². The molecule has 1 heterocycles. The predicted molar refractivity (Wildman–Crippen MR) is 77.0 cm³/mol. The van der Waals surface area contributed by atoms with E-state index in [-0.39, 0.29) is 11.7 Å². The van der Waals surface area contributed by atoms with Crippen molar-refractivity contribution in [2.45, 2.75) is 26.9 Å². The van der Waals surface area contributed by atoms with Gasteiger partial charge in [-0.1, -0.05) is 12.1 Å². The highest BCUT2D eigenvalue weighted by molar-refractivity contribution is 7.09. The van der Waals surface area contributed by atoms with Crippen molar-refractivity contribution in [3.63, 3.8) is 0 Å². The third-order valence-electron chi connectivity index (χ3n) is 2.91. The Balaban J connectivity index is 2.03. The van der Waals surface area contributed by atoms with Gasteiger partial charge >= 0.3 is 0 Å². The van der Waals surface area contributed by atoms with Crippen LogP contribution in [0.25, 0.3) is 0 Å². The number of amides is 1. The lowest BCUT2D eigenvalue weighted by Crippen LogP contribution is -2.23. The van der Waals surface area contributed by atoms with Crippen LogP contribution in [0.4, 0.5) is 4.39 Å². The van der Waals surface area contributed by atoms with Crippen molar-refractivity contribution in [1.82, 2.24) is 10.3 Å². The highest BCUT2D eigenvalue weighted by Crippen LogP contribution is 2.15.